The summed E-state index contributed by atoms with van der Waals surface area (Å²) in [6.07, 6.45) is -0.819. The fourth-order valence-electron chi connectivity index (χ4n) is 1.71. The highest BCUT2D eigenvalue weighted by Crippen LogP contribution is 2.13. The van der Waals surface area contributed by atoms with E-state index in [-0.39, 0.29) is 37.2 Å². The molecule has 0 aromatic rings. The van der Waals surface area contributed by atoms with Crippen molar-refractivity contribution in [1.29, 1.82) is 0 Å². The second-order valence-corrected chi connectivity index (χ2v) is 19.7. The Hall–Kier alpha value is 0.0200. The average molecular weight is 525 g/mol. The Kier molecular flexibility index (Phi) is 11.4. The lowest BCUT2D eigenvalue weighted by Crippen LogP contribution is -2.30. The molecule has 0 radical (unpaired) electrons. The Bertz CT molecular complexity index is 891. The van der Waals surface area contributed by atoms with Crippen LogP contribution in [0.3, 0.4) is 0 Å². The van der Waals surface area contributed by atoms with E-state index in [1.54, 1.807) is 0 Å². The maximum absolute atomic E-state index is 11.9. The molecule has 0 aromatic heterocycles. The molecule has 12 nitrogen and oxygen atoms in total. The van der Waals surface area contributed by atoms with Gasteiger partial charge < -0.3 is 9.11 Å². The normalized spacial score (nSPS) is 15.9. The lowest BCUT2D eigenvalue weighted by molar-refractivity contribution is 0.532. The van der Waals surface area contributed by atoms with E-state index in [0.29, 0.717) is 0 Å². The van der Waals surface area contributed by atoms with Gasteiger partial charge in [-0.15, -0.1) is 0 Å². The van der Waals surface area contributed by atoms with Crippen molar-refractivity contribution in [2.24, 2.45) is 0 Å². The number of hydrogen-bond donors (Lipinski definition) is 0. The third kappa shape index (κ3) is 9.68. The molecule has 2 atom stereocenters. The van der Waals surface area contributed by atoms with Crippen LogP contribution in [0.4, 0.5) is 0 Å². The first-order valence-corrected chi connectivity index (χ1v) is 17.7. The molecule has 0 spiro atoms. The van der Waals surface area contributed by atoms with E-state index in [4.69, 9.17) is 0 Å². The summed E-state index contributed by atoms with van der Waals surface area (Å²) >= 11 is -4.84. The number of hydrogen-bond acceptors (Lipinski definition) is 12. The lowest BCUT2D eigenvalue weighted by atomic mass is 10.4. The van der Waals surface area contributed by atoms with Crippen LogP contribution in [0.15, 0.2) is 0 Å². The molecule has 0 fully saturated rings. The van der Waals surface area contributed by atoms with Gasteiger partial charge in [0, 0.05) is 11.5 Å². The summed E-state index contributed by atoms with van der Waals surface area (Å²) < 4.78 is 136. The summed E-state index contributed by atoms with van der Waals surface area (Å²) in [6.45, 7) is 0. The minimum absolute atomic E-state index is 0.119. The van der Waals surface area contributed by atoms with E-state index in [1.807, 2.05) is 0 Å². The van der Waals surface area contributed by atoms with Gasteiger partial charge in [0.2, 0.25) is 0 Å². The molecule has 0 N–H and O–H groups in total. The van der Waals surface area contributed by atoms with E-state index in [2.05, 4.69) is 0 Å². The molecule has 28 heavy (non-hydrogen) atoms. The maximum atomic E-state index is 11.9. The van der Waals surface area contributed by atoms with Crippen molar-refractivity contribution in [2.45, 2.75) is 25.7 Å². The topological polar surface area (TPSA) is 217 Å². The molecule has 0 aliphatic carbocycles. The van der Waals surface area contributed by atoms with Gasteiger partial charge in [-0.05, 0) is 25.7 Å². The summed E-state index contributed by atoms with van der Waals surface area (Å²) in [5.41, 5.74) is 0. The van der Waals surface area contributed by atoms with Crippen molar-refractivity contribution in [1.82, 2.24) is 0 Å². The van der Waals surface area contributed by atoms with Gasteiger partial charge in [-0.25, -0.2) is 33.7 Å². The molecule has 18 heteroatoms. The van der Waals surface area contributed by atoms with Crippen molar-refractivity contribution < 1.29 is 51.2 Å². The van der Waals surface area contributed by atoms with Crippen LogP contribution in [0.25, 0.3) is 0 Å². The second-order valence-electron chi connectivity index (χ2n) is 5.48. The van der Waals surface area contributed by atoms with Gasteiger partial charge >= 0.3 is 0 Å². The largest absolute Gasteiger partial charge is 0.772 e. The molecule has 0 aliphatic heterocycles. The molecule has 170 valence electrons. The Morgan fingerprint density at radius 3 is 0.964 bits per heavy atom. The Labute approximate surface area is 168 Å². The van der Waals surface area contributed by atoms with Gasteiger partial charge in [0.05, 0.1) is 23.0 Å². The minimum Gasteiger partial charge on any atom is -0.772 e. The SMILES string of the molecule is O=S([O-])CCCCS(=O)(=O)S(=O)(=O)CCS(=O)(=O)S(=O)(=O)CCCCS(=O)[O-]. The second kappa shape index (κ2) is 11.4. The predicted molar refractivity (Wildman–Crippen MR) is 101 cm³/mol. The van der Waals surface area contributed by atoms with Crippen molar-refractivity contribution >= 4 is 57.6 Å². The fourth-order valence-corrected chi connectivity index (χ4v) is 11.3. The van der Waals surface area contributed by atoms with Gasteiger partial charge in [-0.2, -0.15) is 0 Å². The molecule has 0 saturated carbocycles. The van der Waals surface area contributed by atoms with Crippen LogP contribution in [0.1, 0.15) is 25.7 Å². The van der Waals surface area contributed by atoms with Gasteiger partial charge in [0.1, 0.15) is 0 Å². The Balaban J connectivity index is 4.92. The summed E-state index contributed by atoms with van der Waals surface area (Å²) in [5.74, 6) is -5.52. The monoisotopic (exact) mass is 524 g/mol. The zero-order valence-corrected chi connectivity index (χ0v) is 19.3. The third-order valence-electron chi connectivity index (χ3n) is 3.27. The van der Waals surface area contributed by atoms with Crippen molar-refractivity contribution in [3.63, 3.8) is 0 Å². The zero-order chi connectivity index (χ0) is 22.2. The predicted octanol–water partition coefficient (Wildman–Crippen LogP) is -2.21. The quantitative estimate of drug-likeness (QED) is 0.126. The highest BCUT2D eigenvalue weighted by Gasteiger charge is 2.35. The molecular weight excluding hydrogens is 505 g/mol. The summed E-state index contributed by atoms with van der Waals surface area (Å²) in [7, 11) is -19.6. The average Bonchev–Trinajstić information content (AvgIpc) is 2.53. The first-order chi connectivity index (χ1) is 12.5. The van der Waals surface area contributed by atoms with Gasteiger partial charge in [0.25, 0.3) is 35.5 Å². The first kappa shape index (κ1) is 28.0. The highest BCUT2D eigenvalue weighted by atomic mass is 33.2. The lowest BCUT2D eigenvalue weighted by Gasteiger charge is -2.09. The van der Waals surface area contributed by atoms with E-state index >= 15 is 0 Å². The van der Waals surface area contributed by atoms with Crippen LogP contribution in [0.2, 0.25) is 0 Å². The van der Waals surface area contributed by atoms with Crippen LogP contribution in [-0.2, 0) is 57.6 Å². The Morgan fingerprint density at radius 1 is 0.464 bits per heavy atom. The molecule has 0 aromatic carbocycles. The van der Waals surface area contributed by atoms with Crippen molar-refractivity contribution in [2.75, 3.05) is 34.5 Å². The summed E-state index contributed by atoms with van der Waals surface area (Å²) in [6, 6.07) is 0. The van der Waals surface area contributed by atoms with Crippen LogP contribution in [0, 0.1) is 0 Å². The van der Waals surface area contributed by atoms with Crippen molar-refractivity contribution in [3.8, 4) is 0 Å². The molecule has 0 bridgehead atoms. The van der Waals surface area contributed by atoms with E-state index in [9.17, 15) is 51.2 Å². The number of rotatable bonds is 15. The minimum atomic E-state index is -5.00. The summed E-state index contributed by atoms with van der Waals surface area (Å²) in [5, 5.41) is 0. The third-order valence-corrected chi connectivity index (χ3v) is 15.9. The van der Waals surface area contributed by atoms with Crippen LogP contribution < -0.4 is 0 Å². The van der Waals surface area contributed by atoms with Crippen LogP contribution in [0.5, 0.6) is 0 Å². The zero-order valence-electron chi connectivity index (χ0n) is 14.4. The van der Waals surface area contributed by atoms with Crippen LogP contribution in [-0.4, -0.2) is 85.7 Å². The van der Waals surface area contributed by atoms with E-state index in [1.165, 1.54) is 0 Å². The van der Waals surface area contributed by atoms with E-state index < -0.39 is 80.6 Å². The first-order valence-electron chi connectivity index (χ1n) is 7.57. The van der Waals surface area contributed by atoms with Gasteiger partial charge in [-0.3, -0.25) is 8.42 Å². The molecule has 0 saturated heterocycles. The Morgan fingerprint density at radius 2 is 0.714 bits per heavy atom. The van der Waals surface area contributed by atoms with Gasteiger partial charge in [-0.1, -0.05) is 22.2 Å². The fraction of sp³-hybridized carbons (Fsp3) is 1.00. The van der Waals surface area contributed by atoms with E-state index in [0.717, 1.165) is 0 Å². The molecule has 0 heterocycles. The highest BCUT2D eigenvalue weighted by molar-refractivity contribution is 8.68. The molecular formula is C10H20O12S6-2. The molecule has 0 rings (SSSR count). The number of unbranched alkanes of at least 4 members (excludes halogenated alkanes) is 2. The molecule has 0 amide bonds. The van der Waals surface area contributed by atoms with Gasteiger partial charge in [0.15, 0.2) is 0 Å². The summed E-state index contributed by atoms with van der Waals surface area (Å²) in [4.78, 5) is 0. The standard InChI is InChI=1S/C10H22O12S6/c11-23(12)5-1-3-7-25(15,16)27(19,20)9-10-28(21,22)26(17,18)8-4-2-6-24(13)14/h1-10H2,(H,11,12)(H,13,14)/p-2. The molecule has 0 aliphatic rings. The van der Waals surface area contributed by atoms with Crippen LogP contribution >= 0.6 is 0 Å². The van der Waals surface area contributed by atoms with Crippen molar-refractivity contribution in [3.05, 3.63) is 0 Å². The maximum Gasteiger partial charge on any atom is 0.254 e. The smallest absolute Gasteiger partial charge is 0.254 e. The molecule has 2 unspecified atom stereocenters.